The number of aromatic amines is 1. The van der Waals surface area contributed by atoms with Crippen LogP contribution in [0.4, 0.5) is 13.2 Å². The molecule has 1 aliphatic heterocycles. The van der Waals surface area contributed by atoms with E-state index in [2.05, 4.69) is 4.98 Å². The van der Waals surface area contributed by atoms with E-state index >= 15 is 0 Å². The quantitative estimate of drug-likeness (QED) is 0.846. The van der Waals surface area contributed by atoms with Gasteiger partial charge in [-0.05, 0) is 37.6 Å². The number of carbonyl (C=O) groups excluding carboxylic acids is 1. The molecule has 2 heterocycles. The third kappa shape index (κ3) is 2.49. The zero-order valence-corrected chi connectivity index (χ0v) is 12.8. The van der Waals surface area contributed by atoms with Crippen molar-refractivity contribution >= 4 is 16.8 Å². The molecular formula is C16H17F3N2O2. The number of hydrogen-bond donors (Lipinski definition) is 2. The first-order chi connectivity index (χ1) is 10.6. The predicted octanol–water partition coefficient (Wildman–Crippen LogP) is 2.92. The van der Waals surface area contributed by atoms with Gasteiger partial charge in [-0.15, -0.1) is 0 Å². The van der Waals surface area contributed by atoms with Gasteiger partial charge in [0.05, 0.1) is 6.54 Å². The Morgan fingerprint density at radius 2 is 2.04 bits per heavy atom. The number of nitrogens with zero attached hydrogens (tertiary/aromatic N) is 1. The minimum atomic E-state index is -4.74. The van der Waals surface area contributed by atoms with E-state index in [9.17, 15) is 23.1 Å². The van der Waals surface area contributed by atoms with Gasteiger partial charge >= 0.3 is 6.18 Å². The molecule has 1 aliphatic rings. The van der Waals surface area contributed by atoms with E-state index in [0.29, 0.717) is 5.56 Å². The monoisotopic (exact) mass is 326 g/mol. The summed E-state index contributed by atoms with van der Waals surface area (Å²) < 4.78 is 38.6. The van der Waals surface area contributed by atoms with E-state index in [1.807, 2.05) is 13.8 Å². The van der Waals surface area contributed by atoms with Crippen molar-refractivity contribution in [3.8, 4) is 0 Å². The molecule has 23 heavy (non-hydrogen) atoms. The first-order valence-electron chi connectivity index (χ1n) is 7.30. The topological polar surface area (TPSA) is 56.3 Å². The second-order valence-electron chi connectivity index (χ2n) is 6.14. The first kappa shape index (κ1) is 15.9. The van der Waals surface area contributed by atoms with Crippen molar-refractivity contribution < 1.29 is 23.1 Å². The van der Waals surface area contributed by atoms with Crippen molar-refractivity contribution in [2.75, 3.05) is 13.1 Å². The number of carbonyl (C=O) groups is 1. The number of aryl methyl sites for hydroxylation is 2. The highest BCUT2D eigenvalue weighted by atomic mass is 19.4. The van der Waals surface area contributed by atoms with Crippen molar-refractivity contribution in [2.45, 2.75) is 32.0 Å². The molecule has 1 atom stereocenters. The van der Waals surface area contributed by atoms with Crippen LogP contribution in [0.15, 0.2) is 18.2 Å². The summed E-state index contributed by atoms with van der Waals surface area (Å²) in [5.41, 5.74) is 0.378. The Hall–Kier alpha value is -2.02. The highest BCUT2D eigenvalue weighted by molar-refractivity contribution is 5.99. The molecule has 124 valence electrons. The fourth-order valence-corrected chi connectivity index (χ4v) is 2.98. The third-order valence-electron chi connectivity index (χ3n) is 4.62. The van der Waals surface area contributed by atoms with Crippen LogP contribution in [0.2, 0.25) is 0 Å². The number of H-pyrrole nitrogens is 1. The number of amides is 1. The molecular weight excluding hydrogens is 309 g/mol. The van der Waals surface area contributed by atoms with Gasteiger partial charge in [-0.2, -0.15) is 13.2 Å². The van der Waals surface area contributed by atoms with Crippen LogP contribution in [0.25, 0.3) is 10.9 Å². The molecule has 1 aromatic carbocycles. The summed E-state index contributed by atoms with van der Waals surface area (Å²) in [6.07, 6.45) is -5.23. The number of β-amino-alcohol motifs (C(OH)–C–C–N with tert-alkyl or cyclic N) is 1. The molecule has 3 rings (SSSR count). The summed E-state index contributed by atoms with van der Waals surface area (Å²) in [5.74, 6) is -0.495. The lowest BCUT2D eigenvalue weighted by atomic mass is 10.0. The second kappa shape index (κ2) is 4.99. The minimum Gasteiger partial charge on any atom is -0.379 e. The van der Waals surface area contributed by atoms with Gasteiger partial charge in [-0.25, -0.2) is 0 Å². The average molecular weight is 326 g/mol. The van der Waals surface area contributed by atoms with E-state index in [1.54, 1.807) is 18.2 Å². The van der Waals surface area contributed by atoms with Crippen LogP contribution in [0.5, 0.6) is 0 Å². The van der Waals surface area contributed by atoms with Gasteiger partial charge in [0, 0.05) is 35.1 Å². The maximum atomic E-state index is 12.9. The molecule has 0 radical (unpaired) electrons. The SMILES string of the molecule is Cc1[nH]c2ccc(C(=O)N3CCC(O)(C(F)(F)F)C3)cc2c1C. The Balaban J connectivity index is 1.88. The van der Waals surface area contributed by atoms with Crippen molar-refractivity contribution in [1.82, 2.24) is 9.88 Å². The number of aliphatic hydroxyl groups is 1. The molecule has 0 aliphatic carbocycles. The zero-order valence-electron chi connectivity index (χ0n) is 12.8. The highest BCUT2D eigenvalue weighted by Crippen LogP contribution is 2.38. The number of likely N-dealkylation sites (tertiary alicyclic amines) is 1. The van der Waals surface area contributed by atoms with Gasteiger partial charge in [-0.3, -0.25) is 4.79 Å². The zero-order chi connectivity index (χ0) is 17.0. The largest absolute Gasteiger partial charge is 0.419 e. The Labute approximate surface area is 130 Å². The molecule has 0 bridgehead atoms. The number of benzene rings is 1. The number of nitrogens with one attached hydrogen (secondary N) is 1. The normalized spacial score (nSPS) is 22.1. The average Bonchev–Trinajstić information content (AvgIpc) is 3.01. The number of rotatable bonds is 1. The number of alkyl halides is 3. The van der Waals surface area contributed by atoms with Crippen LogP contribution in [0.1, 0.15) is 28.0 Å². The number of halogens is 3. The van der Waals surface area contributed by atoms with Crippen LogP contribution >= 0.6 is 0 Å². The molecule has 1 aromatic heterocycles. The molecule has 1 amide bonds. The lowest BCUT2D eigenvalue weighted by Gasteiger charge is -2.25. The van der Waals surface area contributed by atoms with E-state index in [0.717, 1.165) is 27.1 Å². The summed E-state index contributed by atoms with van der Waals surface area (Å²) >= 11 is 0. The van der Waals surface area contributed by atoms with Gasteiger partial charge in [0.2, 0.25) is 0 Å². The van der Waals surface area contributed by atoms with Crippen molar-refractivity contribution in [1.29, 1.82) is 0 Å². The Morgan fingerprint density at radius 3 is 2.65 bits per heavy atom. The number of hydrogen-bond acceptors (Lipinski definition) is 2. The number of fused-ring (bicyclic) bond motifs is 1. The summed E-state index contributed by atoms with van der Waals surface area (Å²) in [7, 11) is 0. The Bertz CT molecular complexity index is 781. The van der Waals surface area contributed by atoms with E-state index < -0.39 is 30.7 Å². The molecule has 1 saturated heterocycles. The standard InChI is InChI=1S/C16H17F3N2O2/c1-9-10(2)20-13-4-3-11(7-12(9)13)14(22)21-6-5-15(23,8-21)16(17,18)19/h3-4,7,20,23H,5-6,8H2,1-2H3. The van der Waals surface area contributed by atoms with Crippen LogP contribution in [0.3, 0.4) is 0 Å². The Morgan fingerprint density at radius 1 is 1.35 bits per heavy atom. The van der Waals surface area contributed by atoms with Gasteiger partial charge in [0.1, 0.15) is 0 Å². The van der Waals surface area contributed by atoms with Gasteiger partial charge < -0.3 is 15.0 Å². The molecule has 7 heteroatoms. The molecule has 2 N–H and O–H groups in total. The fraction of sp³-hybridized carbons (Fsp3) is 0.438. The third-order valence-corrected chi connectivity index (χ3v) is 4.62. The van der Waals surface area contributed by atoms with Crippen molar-refractivity contribution in [3.63, 3.8) is 0 Å². The summed E-state index contributed by atoms with van der Waals surface area (Å²) in [6.45, 7) is 3.00. The molecule has 1 unspecified atom stereocenters. The van der Waals surface area contributed by atoms with Crippen LogP contribution in [-0.4, -0.2) is 45.8 Å². The minimum absolute atomic E-state index is 0.113. The van der Waals surface area contributed by atoms with Crippen LogP contribution < -0.4 is 0 Å². The molecule has 4 nitrogen and oxygen atoms in total. The van der Waals surface area contributed by atoms with Gasteiger partial charge in [0.25, 0.3) is 5.91 Å². The first-order valence-corrected chi connectivity index (χ1v) is 7.30. The summed E-state index contributed by atoms with van der Waals surface area (Å²) in [4.78, 5) is 16.7. The Kier molecular flexibility index (Phi) is 3.44. The second-order valence-corrected chi connectivity index (χ2v) is 6.14. The lowest BCUT2D eigenvalue weighted by Crippen LogP contribution is -2.48. The van der Waals surface area contributed by atoms with Crippen LogP contribution in [-0.2, 0) is 0 Å². The fourth-order valence-electron chi connectivity index (χ4n) is 2.98. The maximum absolute atomic E-state index is 12.9. The molecule has 2 aromatic rings. The highest BCUT2D eigenvalue weighted by Gasteiger charge is 2.57. The van der Waals surface area contributed by atoms with E-state index in [-0.39, 0.29) is 6.54 Å². The van der Waals surface area contributed by atoms with Crippen molar-refractivity contribution in [2.24, 2.45) is 0 Å². The van der Waals surface area contributed by atoms with E-state index in [1.165, 1.54) is 0 Å². The number of aromatic nitrogens is 1. The van der Waals surface area contributed by atoms with Crippen molar-refractivity contribution in [3.05, 3.63) is 35.0 Å². The maximum Gasteiger partial charge on any atom is 0.419 e. The van der Waals surface area contributed by atoms with E-state index in [4.69, 9.17) is 0 Å². The van der Waals surface area contributed by atoms with Gasteiger partial charge in [-0.1, -0.05) is 0 Å². The summed E-state index contributed by atoms with van der Waals surface area (Å²) in [6, 6.07) is 5.01. The molecule has 1 fully saturated rings. The molecule has 0 saturated carbocycles. The smallest absolute Gasteiger partial charge is 0.379 e. The molecule has 0 spiro atoms. The predicted molar refractivity (Wildman–Crippen MR) is 79.3 cm³/mol. The lowest BCUT2D eigenvalue weighted by molar-refractivity contribution is -0.253. The summed E-state index contributed by atoms with van der Waals surface area (Å²) in [5, 5.41) is 10.6. The van der Waals surface area contributed by atoms with Crippen LogP contribution in [0, 0.1) is 13.8 Å². The van der Waals surface area contributed by atoms with Gasteiger partial charge in [0.15, 0.2) is 5.60 Å².